The van der Waals surface area contributed by atoms with Gasteiger partial charge in [-0.3, -0.25) is 4.79 Å². The second kappa shape index (κ2) is 6.25. The Morgan fingerprint density at radius 3 is 2.30 bits per heavy atom. The molecule has 0 saturated heterocycles. The summed E-state index contributed by atoms with van der Waals surface area (Å²) in [7, 11) is 0. The lowest BCUT2D eigenvalue weighted by atomic mass is 9.87. The second-order valence-electron chi connectivity index (χ2n) is 6.70. The molecular formula is C18H25NO. The van der Waals surface area contributed by atoms with Gasteiger partial charge in [0.1, 0.15) is 0 Å². The van der Waals surface area contributed by atoms with E-state index >= 15 is 0 Å². The smallest absolute Gasteiger partial charge is 0.244 e. The number of hydrogen-bond donors (Lipinski definition) is 1. The lowest BCUT2D eigenvalue weighted by Crippen LogP contribution is -2.30. The van der Waals surface area contributed by atoms with Crippen LogP contribution in [-0.4, -0.2) is 11.9 Å². The molecule has 1 amide bonds. The van der Waals surface area contributed by atoms with Crippen molar-refractivity contribution >= 4 is 12.0 Å². The molecule has 0 aliphatic heterocycles. The van der Waals surface area contributed by atoms with Crippen molar-refractivity contribution < 1.29 is 4.79 Å². The van der Waals surface area contributed by atoms with Crippen molar-refractivity contribution in [2.75, 3.05) is 0 Å². The fraction of sp³-hybridized carbons (Fsp3) is 0.500. The third-order valence-electron chi connectivity index (χ3n) is 3.91. The van der Waals surface area contributed by atoms with Crippen molar-refractivity contribution in [3.8, 4) is 0 Å². The van der Waals surface area contributed by atoms with E-state index in [1.165, 1.54) is 18.4 Å². The van der Waals surface area contributed by atoms with Crippen LogP contribution < -0.4 is 5.32 Å². The quantitative estimate of drug-likeness (QED) is 0.825. The normalized spacial score (nSPS) is 16.8. The van der Waals surface area contributed by atoms with E-state index in [0.717, 1.165) is 18.4 Å². The molecular weight excluding hydrogens is 246 g/mol. The zero-order valence-corrected chi connectivity index (χ0v) is 12.8. The highest BCUT2D eigenvalue weighted by atomic mass is 16.1. The van der Waals surface area contributed by atoms with Crippen LogP contribution in [0, 0.1) is 0 Å². The highest BCUT2D eigenvalue weighted by molar-refractivity contribution is 5.91. The first kappa shape index (κ1) is 14.8. The van der Waals surface area contributed by atoms with Crippen LogP contribution in [0.2, 0.25) is 0 Å². The number of benzene rings is 1. The maximum Gasteiger partial charge on any atom is 0.244 e. The van der Waals surface area contributed by atoms with Crippen LogP contribution in [0.3, 0.4) is 0 Å². The van der Waals surface area contributed by atoms with Gasteiger partial charge in [0, 0.05) is 12.1 Å². The molecule has 1 aliphatic rings. The molecule has 2 nitrogen and oxygen atoms in total. The van der Waals surface area contributed by atoms with Gasteiger partial charge in [0.15, 0.2) is 0 Å². The minimum absolute atomic E-state index is 0.0248. The summed E-state index contributed by atoms with van der Waals surface area (Å²) < 4.78 is 0. The third kappa shape index (κ3) is 4.22. The molecule has 2 rings (SSSR count). The van der Waals surface area contributed by atoms with Gasteiger partial charge in [-0.1, -0.05) is 57.9 Å². The molecule has 0 atom stereocenters. The molecule has 1 aliphatic carbocycles. The Morgan fingerprint density at radius 2 is 1.75 bits per heavy atom. The molecule has 2 heteroatoms. The Labute approximate surface area is 122 Å². The van der Waals surface area contributed by atoms with Crippen LogP contribution in [0.5, 0.6) is 0 Å². The van der Waals surface area contributed by atoms with Gasteiger partial charge >= 0.3 is 0 Å². The monoisotopic (exact) mass is 271 g/mol. The van der Waals surface area contributed by atoms with Gasteiger partial charge in [-0.05, 0) is 35.5 Å². The Kier molecular flexibility index (Phi) is 4.64. The maximum absolute atomic E-state index is 11.8. The third-order valence-corrected chi connectivity index (χ3v) is 3.91. The molecule has 0 aromatic heterocycles. The zero-order chi connectivity index (χ0) is 14.6. The largest absolute Gasteiger partial charge is 0.350 e. The van der Waals surface area contributed by atoms with Crippen LogP contribution in [-0.2, 0) is 10.2 Å². The first-order valence-electron chi connectivity index (χ1n) is 7.54. The standard InChI is InChI=1S/C18H25NO/c1-18(2,3)15-11-8-14(9-12-15)10-13-17(20)19-16-6-4-5-7-16/h8-13,16H,4-7H2,1-3H3,(H,19,20). The Hall–Kier alpha value is -1.57. The van der Waals surface area contributed by atoms with E-state index in [1.807, 2.05) is 6.08 Å². The number of hydrogen-bond acceptors (Lipinski definition) is 1. The van der Waals surface area contributed by atoms with E-state index in [0.29, 0.717) is 6.04 Å². The van der Waals surface area contributed by atoms with Crippen LogP contribution in [0.25, 0.3) is 6.08 Å². The summed E-state index contributed by atoms with van der Waals surface area (Å²) in [6.45, 7) is 6.60. The average molecular weight is 271 g/mol. The molecule has 0 unspecified atom stereocenters. The fourth-order valence-electron chi connectivity index (χ4n) is 2.59. The molecule has 1 saturated carbocycles. The maximum atomic E-state index is 11.8. The fourth-order valence-corrected chi connectivity index (χ4v) is 2.59. The molecule has 0 bridgehead atoms. The average Bonchev–Trinajstić information content (AvgIpc) is 2.88. The van der Waals surface area contributed by atoms with Crippen LogP contribution in [0.1, 0.15) is 57.6 Å². The van der Waals surface area contributed by atoms with Crippen molar-refractivity contribution in [1.82, 2.24) is 5.32 Å². The molecule has 1 aromatic rings. The number of rotatable bonds is 3. The highest BCUT2D eigenvalue weighted by Crippen LogP contribution is 2.22. The highest BCUT2D eigenvalue weighted by Gasteiger charge is 2.15. The van der Waals surface area contributed by atoms with Gasteiger partial charge in [0.05, 0.1) is 0 Å². The molecule has 0 radical (unpaired) electrons. The topological polar surface area (TPSA) is 29.1 Å². The van der Waals surface area contributed by atoms with Crippen molar-refractivity contribution in [2.45, 2.75) is 57.9 Å². The lowest BCUT2D eigenvalue weighted by molar-refractivity contribution is -0.117. The predicted molar refractivity (Wildman–Crippen MR) is 84.6 cm³/mol. The predicted octanol–water partition coefficient (Wildman–Crippen LogP) is 4.06. The van der Waals surface area contributed by atoms with E-state index in [4.69, 9.17) is 0 Å². The number of carbonyl (C=O) groups is 1. The molecule has 1 N–H and O–H groups in total. The minimum atomic E-state index is 0.0248. The molecule has 20 heavy (non-hydrogen) atoms. The van der Waals surface area contributed by atoms with Crippen molar-refractivity contribution in [2.24, 2.45) is 0 Å². The molecule has 0 spiro atoms. The van der Waals surface area contributed by atoms with E-state index in [2.05, 4.69) is 50.4 Å². The van der Waals surface area contributed by atoms with Crippen molar-refractivity contribution in [1.29, 1.82) is 0 Å². The first-order chi connectivity index (χ1) is 9.45. The lowest BCUT2D eigenvalue weighted by Gasteiger charge is -2.18. The number of amides is 1. The Morgan fingerprint density at radius 1 is 1.15 bits per heavy atom. The van der Waals surface area contributed by atoms with Crippen LogP contribution >= 0.6 is 0 Å². The number of carbonyl (C=O) groups excluding carboxylic acids is 1. The van der Waals surface area contributed by atoms with Crippen molar-refractivity contribution in [3.05, 3.63) is 41.5 Å². The number of nitrogens with one attached hydrogen (secondary N) is 1. The summed E-state index contributed by atoms with van der Waals surface area (Å²) >= 11 is 0. The Balaban J connectivity index is 1.92. The van der Waals surface area contributed by atoms with Gasteiger partial charge in [-0.2, -0.15) is 0 Å². The van der Waals surface area contributed by atoms with E-state index in [-0.39, 0.29) is 11.3 Å². The molecule has 1 aromatic carbocycles. The van der Waals surface area contributed by atoms with Gasteiger partial charge in [0.25, 0.3) is 0 Å². The summed E-state index contributed by atoms with van der Waals surface area (Å²) in [5.41, 5.74) is 2.55. The van der Waals surface area contributed by atoms with Crippen LogP contribution in [0.4, 0.5) is 0 Å². The van der Waals surface area contributed by atoms with Gasteiger partial charge in [-0.25, -0.2) is 0 Å². The summed E-state index contributed by atoms with van der Waals surface area (Å²) in [6.07, 6.45) is 8.26. The van der Waals surface area contributed by atoms with Crippen LogP contribution in [0.15, 0.2) is 30.3 Å². The molecule has 0 heterocycles. The minimum Gasteiger partial charge on any atom is -0.350 e. The summed E-state index contributed by atoms with van der Waals surface area (Å²) in [5.74, 6) is 0.0248. The summed E-state index contributed by atoms with van der Waals surface area (Å²) in [4.78, 5) is 11.8. The second-order valence-corrected chi connectivity index (χ2v) is 6.70. The van der Waals surface area contributed by atoms with Gasteiger partial charge < -0.3 is 5.32 Å². The van der Waals surface area contributed by atoms with Gasteiger partial charge in [0.2, 0.25) is 5.91 Å². The van der Waals surface area contributed by atoms with E-state index < -0.39 is 0 Å². The van der Waals surface area contributed by atoms with Crippen molar-refractivity contribution in [3.63, 3.8) is 0 Å². The van der Waals surface area contributed by atoms with E-state index in [9.17, 15) is 4.79 Å². The first-order valence-corrected chi connectivity index (χ1v) is 7.54. The Bertz CT molecular complexity index is 473. The molecule has 108 valence electrons. The van der Waals surface area contributed by atoms with Gasteiger partial charge in [-0.15, -0.1) is 0 Å². The summed E-state index contributed by atoms with van der Waals surface area (Å²) in [5, 5.41) is 3.06. The summed E-state index contributed by atoms with van der Waals surface area (Å²) in [6, 6.07) is 8.79. The SMILES string of the molecule is CC(C)(C)c1ccc(C=CC(=O)NC2CCCC2)cc1. The van der Waals surface area contributed by atoms with E-state index in [1.54, 1.807) is 6.08 Å². The molecule has 1 fully saturated rings. The zero-order valence-electron chi connectivity index (χ0n) is 12.8.